The highest BCUT2D eigenvalue weighted by molar-refractivity contribution is 7.85. The molecule has 5 heteroatoms. The number of rotatable bonds is 4. The van der Waals surface area contributed by atoms with E-state index in [1.807, 2.05) is 0 Å². The first-order valence-corrected chi connectivity index (χ1v) is 7.46. The zero-order valence-corrected chi connectivity index (χ0v) is 11.4. The van der Waals surface area contributed by atoms with E-state index in [-0.39, 0.29) is 6.10 Å². The number of ether oxygens (including phenoxy) is 2. The molecule has 0 aromatic heterocycles. The normalized spacial score (nSPS) is 21.5. The van der Waals surface area contributed by atoms with Gasteiger partial charge in [-0.2, -0.15) is 0 Å². The summed E-state index contributed by atoms with van der Waals surface area (Å²) in [5.74, 6) is 1.12. The highest BCUT2D eigenvalue weighted by atomic mass is 32.2. The van der Waals surface area contributed by atoms with Gasteiger partial charge < -0.3 is 15.2 Å². The van der Waals surface area contributed by atoms with E-state index in [9.17, 15) is 4.21 Å². The number of nitrogens with two attached hydrogens (primary N) is 1. The topological polar surface area (TPSA) is 61.5 Å². The maximum Gasteiger partial charge on any atom is 0.137 e. The third-order valence-electron chi connectivity index (χ3n) is 3.04. The minimum Gasteiger partial charge on any atom is -0.495 e. The maximum absolute atomic E-state index is 12.3. The van der Waals surface area contributed by atoms with Crippen molar-refractivity contribution in [2.75, 3.05) is 25.2 Å². The minimum absolute atomic E-state index is 0.0989. The van der Waals surface area contributed by atoms with Crippen LogP contribution in [-0.2, 0) is 15.5 Å². The fourth-order valence-electron chi connectivity index (χ4n) is 2.07. The van der Waals surface area contributed by atoms with Gasteiger partial charge in [0.05, 0.1) is 34.7 Å². The quantitative estimate of drug-likeness (QED) is 0.849. The molecular formula is C13H19NO3S. The highest BCUT2D eigenvalue weighted by Gasteiger charge is 2.19. The summed E-state index contributed by atoms with van der Waals surface area (Å²) in [6.07, 6.45) is 3.35. The van der Waals surface area contributed by atoms with Crippen molar-refractivity contribution in [2.24, 2.45) is 0 Å². The van der Waals surface area contributed by atoms with Crippen LogP contribution in [0, 0.1) is 0 Å². The predicted molar refractivity (Wildman–Crippen MR) is 72.3 cm³/mol. The summed E-state index contributed by atoms with van der Waals surface area (Å²) in [4.78, 5) is 0.695. The SMILES string of the molecule is COc1cc(N)ccc1S(=O)CC1CCCCO1. The van der Waals surface area contributed by atoms with Crippen LogP contribution >= 0.6 is 0 Å². The maximum atomic E-state index is 12.3. The molecule has 1 heterocycles. The molecule has 2 N–H and O–H groups in total. The van der Waals surface area contributed by atoms with Gasteiger partial charge in [0, 0.05) is 18.4 Å². The molecule has 1 aromatic carbocycles. The van der Waals surface area contributed by atoms with Crippen LogP contribution in [0.1, 0.15) is 19.3 Å². The van der Waals surface area contributed by atoms with Crippen LogP contribution in [0.5, 0.6) is 5.75 Å². The van der Waals surface area contributed by atoms with Gasteiger partial charge in [-0.05, 0) is 31.4 Å². The highest BCUT2D eigenvalue weighted by Crippen LogP contribution is 2.26. The summed E-state index contributed by atoms with van der Waals surface area (Å²) in [7, 11) is 0.456. The largest absolute Gasteiger partial charge is 0.495 e. The van der Waals surface area contributed by atoms with Crippen molar-refractivity contribution in [3.05, 3.63) is 18.2 Å². The van der Waals surface area contributed by atoms with Gasteiger partial charge in [0.2, 0.25) is 0 Å². The second kappa shape index (κ2) is 6.20. The lowest BCUT2D eigenvalue weighted by Crippen LogP contribution is -2.25. The molecule has 0 aliphatic carbocycles. The Morgan fingerprint density at radius 1 is 1.50 bits per heavy atom. The van der Waals surface area contributed by atoms with Gasteiger partial charge in [-0.1, -0.05) is 0 Å². The fourth-order valence-corrected chi connectivity index (χ4v) is 3.44. The van der Waals surface area contributed by atoms with Crippen molar-refractivity contribution in [1.82, 2.24) is 0 Å². The van der Waals surface area contributed by atoms with Crippen LogP contribution in [0.15, 0.2) is 23.1 Å². The van der Waals surface area contributed by atoms with Gasteiger partial charge in [0.1, 0.15) is 5.75 Å². The van der Waals surface area contributed by atoms with Crippen LogP contribution in [0.25, 0.3) is 0 Å². The summed E-state index contributed by atoms with van der Waals surface area (Å²) in [6, 6.07) is 5.22. The van der Waals surface area contributed by atoms with Crippen LogP contribution < -0.4 is 10.5 Å². The van der Waals surface area contributed by atoms with Crippen molar-refractivity contribution in [1.29, 1.82) is 0 Å². The first-order valence-electron chi connectivity index (χ1n) is 6.14. The van der Waals surface area contributed by atoms with Crippen molar-refractivity contribution in [3.8, 4) is 5.75 Å². The van der Waals surface area contributed by atoms with Gasteiger partial charge in [0.15, 0.2) is 0 Å². The Kier molecular flexibility index (Phi) is 4.60. The minimum atomic E-state index is -1.11. The van der Waals surface area contributed by atoms with E-state index in [0.29, 0.717) is 22.1 Å². The standard InChI is InChI=1S/C13H19NO3S/c1-16-12-8-10(14)5-6-13(12)18(15)9-11-4-2-3-7-17-11/h5-6,8,11H,2-4,7,9,14H2,1H3. The molecule has 0 amide bonds. The van der Waals surface area contributed by atoms with Gasteiger partial charge in [-0.15, -0.1) is 0 Å². The Morgan fingerprint density at radius 2 is 2.33 bits per heavy atom. The molecule has 0 spiro atoms. The number of hydrogen-bond donors (Lipinski definition) is 1. The number of hydrogen-bond acceptors (Lipinski definition) is 4. The first-order chi connectivity index (χ1) is 8.70. The monoisotopic (exact) mass is 269 g/mol. The fraction of sp³-hybridized carbons (Fsp3) is 0.538. The Balaban J connectivity index is 2.08. The van der Waals surface area contributed by atoms with E-state index in [1.165, 1.54) is 0 Å². The van der Waals surface area contributed by atoms with Crippen LogP contribution in [0.4, 0.5) is 5.69 Å². The molecule has 100 valence electrons. The van der Waals surface area contributed by atoms with E-state index in [4.69, 9.17) is 15.2 Å². The Bertz CT molecular complexity index is 430. The third kappa shape index (κ3) is 3.23. The van der Waals surface area contributed by atoms with Crippen molar-refractivity contribution < 1.29 is 13.7 Å². The van der Waals surface area contributed by atoms with Crippen LogP contribution in [-0.4, -0.2) is 29.8 Å². The van der Waals surface area contributed by atoms with Crippen molar-refractivity contribution in [3.63, 3.8) is 0 Å². The molecule has 1 fully saturated rings. The molecule has 1 aromatic rings. The van der Waals surface area contributed by atoms with E-state index < -0.39 is 10.8 Å². The molecule has 0 bridgehead atoms. The Labute approximate surface area is 110 Å². The molecule has 4 nitrogen and oxygen atoms in total. The van der Waals surface area contributed by atoms with Gasteiger partial charge in [-0.25, -0.2) is 0 Å². The second-order valence-electron chi connectivity index (χ2n) is 4.41. The molecule has 18 heavy (non-hydrogen) atoms. The van der Waals surface area contributed by atoms with E-state index in [0.717, 1.165) is 25.9 Å². The van der Waals surface area contributed by atoms with Gasteiger partial charge in [-0.3, -0.25) is 4.21 Å². The van der Waals surface area contributed by atoms with E-state index >= 15 is 0 Å². The van der Waals surface area contributed by atoms with Crippen LogP contribution in [0.3, 0.4) is 0 Å². The molecule has 0 saturated carbocycles. The zero-order chi connectivity index (χ0) is 13.0. The zero-order valence-electron chi connectivity index (χ0n) is 10.6. The smallest absolute Gasteiger partial charge is 0.137 e. The Morgan fingerprint density at radius 3 is 3.00 bits per heavy atom. The molecule has 0 radical (unpaired) electrons. The summed E-state index contributed by atoms with van der Waals surface area (Å²) < 4.78 is 23.1. The average molecular weight is 269 g/mol. The molecule has 2 atom stereocenters. The third-order valence-corrected chi connectivity index (χ3v) is 4.55. The van der Waals surface area contributed by atoms with Gasteiger partial charge >= 0.3 is 0 Å². The van der Waals surface area contributed by atoms with Gasteiger partial charge in [0.25, 0.3) is 0 Å². The number of nitrogen functional groups attached to an aromatic ring is 1. The molecule has 2 unspecified atom stereocenters. The lowest BCUT2D eigenvalue weighted by Gasteiger charge is -2.22. The van der Waals surface area contributed by atoms with Crippen molar-refractivity contribution >= 4 is 16.5 Å². The van der Waals surface area contributed by atoms with Crippen molar-refractivity contribution in [2.45, 2.75) is 30.3 Å². The molecule has 1 aliphatic rings. The van der Waals surface area contributed by atoms with Crippen LogP contribution in [0.2, 0.25) is 0 Å². The summed E-state index contributed by atoms with van der Waals surface area (Å²) in [6.45, 7) is 0.779. The molecule has 2 rings (SSSR count). The Hall–Kier alpha value is -1.07. The molecular weight excluding hydrogens is 250 g/mol. The molecule has 1 saturated heterocycles. The average Bonchev–Trinajstić information content (AvgIpc) is 2.39. The lowest BCUT2D eigenvalue weighted by atomic mass is 10.1. The molecule has 1 aliphatic heterocycles. The second-order valence-corrected chi connectivity index (χ2v) is 5.88. The number of benzene rings is 1. The van der Waals surface area contributed by atoms with E-state index in [1.54, 1.807) is 25.3 Å². The predicted octanol–water partition coefficient (Wildman–Crippen LogP) is 1.95. The lowest BCUT2D eigenvalue weighted by molar-refractivity contribution is 0.0310. The number of anilines is 1. The number of methoxy groups -OCH3 is 1. The summed E-state index contributed by atoms with van der Waals surface area (Å²) in [5, 5.41) is 0. The summed E-state index contributed by atoms with van der Waals surface area (Å²) in [5.41, 5.74) is 6.30. The first kappa shape index (κ1) is 13.4. The summed E-state index contributed by atoms with van der Waals surface area (Å²) >= 11 is 0. The van der Waals surface area contributed by atoms with E-state index in [2.05, 4.69) is 0 Å².